The lowest BCUT2D eigenvalue weighted by Gasteiger charge is -2.08. The van der Waals surface area contributed by atoms with Gasteiger partial charge in [-0.15, -0.1) is 0 Å². The quantitative estimate of drug-likeness (QED) is 0.725. The van der Waals surface area contributed by atoms with Gasteiger partial charge in [-0.2, -0.15) is 0 Å². The van der Waals surface area contributed by atoms with E-state index in [1.54, 1.807) is 24.3 Å². The van der Waals surface area contributed by atoms with Gasteiger partial charge < -0.3 is 5.32 Å². The second kappa shape index (κ2) is 6.30. The van der Waals surface area contributed by atoms with E-state index in [0.717, 1.165) is 3.57 Å². The van der Waals surface area contributed by atoms with Gasteiger partial charge >= 0.3 is 0 Å². The predicted molar refractivity (Wildman–Crippen MR) is 89.9 cm³/mol. The van der Waals surface area contributed by atoms with Gasteiger partial charge in [0.15, 0.2) is 0 Å². The fraction of sp³-hybridized carbons (Fsp3) is 0. The molecule has 21 heavy (non-hydrogen) atoms. The zero-order chi connectivity index (χ0) is 15.6. The Morgan fingerprint density at radius 2 is 1.90 bits per heavy atom. The summed E-state index contributed by atoms with van der Waals surface area (Å²) in [5.74, 6) is -0.426. The molecule has 0 unspecified atom stereocenters. The summed E-state index contributed by atoms with van der Waals surface area (Å²) >= 11 is 8.05. The summed E-state index contributed by atoms with van der Waals surface area (Å²) in [6, 6.07) is 10.7. The van der Waals surface area contributed by atoms with Crippen molar-refractivity contribution in [2.24, 2.45) is 5.14 Å². The molecule has 0 aromatic heterocycles. The normalized spacial score (nSPS) is 11.2. The van der Waals surface area contributed by atoms with Crippen LogP contribution >= 0.6 is 34.2 Å². The highest BCUT2D eigenvalue weighted by Gasteiger charge is 2.13. The van der Waals surface area contributed by atoms with Gasteiger partial charge in [0.25, 0.3) is 5.91 Å². The fourth-order valence-electron chi connectivity index (χ4n) is 1.62. The molecule has 2 aromatic carbocycles. The highest BCUT2D eigenvalue weighted by molar-refractivity contribution is 14.1. The number of hydrogen-bond acceptors (Lipinski definition) is 3. The van der Waals surface area contributed by atoms with Crippen molar-refractivity contribution in [3.63, 3.8) is 0 Å². The van der Waals surface area contributed by atoms with E-state index in [9.17, 15) is 13.2 Å². The summed E-state index contributed by atoms with van der Waals surface area (Å²) in [4.78, 5) is 12.1. The number of rotatable bonds is 3. The number of carbonyl (C=O) groups excluding carboxylic acids is 1. The van der Waals surface area contributed by atoms with Gasteiger partial charge in [-0.1, -0.05) is 17.7 Å². The summed E-state index contributed by atoms with van der Waals surface area (Å²) in [6.07, 6.45) is 0. The number of primary sulfonamides is 1. The van der Waals surface area contributed by atoms with Crippen LogP contribution in [0.15, 0.2) is 47.4 Å². The van der Waals surface area contributed by atoms with Gasteiger partial charge in [0, 0.05) is 9.26 Å². The summed E-state index contributed by atoms with van der Waals surface area (Å²) in [7, 11) is -3.82. The number of anilines is 1. The number of nitrogens with one attached hydrogen (secondary N) is 1. The van der Waals surface area contributed by atoms with E-state index in [1.807, 2.05) is 0 Å². The highest BCUT2D eigenvalue weighted by atomic mass is 127. The number of hydrogen-bond donors (Lipinski definition) is 2. The van der Waals surface area contributed by atoms with E-state index < -0.39 is 15.9 Å². The standard InChI is InChI=1S/C13H10ClIN2O3S/c14-12-5-4-8(15)6-11(12)13(18)17-9-2-1-3-10(7-9)21(16,19)20/h1-7H,(H,17,18)(H2,16,19,20). The molecule has 8 heteroatoms. The van der Waals surface area contributed by atoms with E-state index >= 15 is 0 Å². The van der Waals surface area contributed by atoms with E-state index in [1.165, 1.54) is 18.2 Å². The van der Waals surface area contributed by atoms with Gasteiger partial charge in [0.2, 0.25) is 10.0 Å². The van der Waals surface area contributed by atoms with E-state index in [0.29, 0.717) is 16.3 Å². The van der Waals surface area contributed by atoms with Gasteiger partial charge in [-0.25, -0.2) is 13.6 Å². The molecule has 0 radical (unpaired) electrons. The third kappa shape index (κ3) is 4.16. The van der Waals surface area contributed by atoms with Gasteiger partial charge in [0.1, 0.15) is 0 Å². The molecule has 0 aliphatic carbocycles. The summed E-state index contributed by atoms with van der Waals surface area (Å²) in [6.45, 7) is 0. The zero-order valence-corrected chi connectivity index (χ0v) is 14.2. The first kappa shape index (κ1) is 16.2. The summed E-state index contributed by atoms with van der Waals surface area (Å²) < 4.78 is 23.4. The molecule has 2 rings (SSSR count). The van der Waals surface area contributed by atoms with Crippen molar-refractivity contribution in [1.29, 1.82) is 0 Å². The van der Waals surface area contributed by atoms with Crippen LogP contribution in [-0.4, -0.2) is 14.3 Å². The minimum absolute atomic E-state index is 0.0750. The monoisotopic (exact) mass is 436 g/mol. The lowest BCUT2D eigenvalue weighted by molar-refractivity contribution is 0.102. The van der Waals surface area contributed by atoms with Gasteiger partial charge in [-0.05, 0) is 59.0 Å². The Bertz CT molecular complexity index is 809. The zero-order valence-electron chi connectivity index (χ0n) is 10.5. The maximum Gasteiger partial charge on any atom is 0.257 e. The maximum atomic E-state index is 12.2. The Morgan fingerprint density at radius 3 is 2.57 bits per heavy atom. The van der Waals surface area contributed by atoms with Crippen molar-refractivity contribution in [3.8, 4) is 0 Å². The van der Waals surface area contributed by atoms with Crippen LogP contribution in [0, 0.1) is 3.57 Å². The minimum Gasteiger partial charge on any atom is -0.322 e. The molecule has 0 spiro atoms. The SMILES string of the molecule is NS(=O)(=O)c1cccc(NC(=O)c2cc(I)ccc2Cl)c1. The smallest absolute Gasteiger partial charge is 0.257 e. The third-order valence-corrected chi connectivity index (χ3v) is 4.51. The molecule has 110 valence electrons. The lowest BCUT2D eigenvalue weighted by atomic mass is 10.2. The number of carbonyl (C=O) groups is 1. The largest absolute Gasteiger partial charge is 0.322 e. The second-order valence-corrected chi connectivity index (χ2v) is 7.37. The Balaban J connectivity index is 2.30. The first-order chi connectivity index (χ1) is 9.77. The average Bonchev–Trinajstić information content (AvgIpc) is 2.41. The molecular weight excluding hydrogens is 427 g/mol. The molecule has 0 heterocycles. The maximum absolute atomic E-state index is 12.2. The van der Waals surface area contributed by atoms with Crippen LogP contribution < -0.4 is 10.5 Å². The fourth-order valence-corrected chi connectivity index (χ4v) is 2.87. The molecule has 0 bridgehead atoms. The van der Waals surface area contributed by atoms with Crippen LogP contribution in [-0.2, 0) is 10.0 Å². The first-order valence-corrected chi connectivity index (χ1v) is 8.67. The van der Waals surface area contributed by atoms with Crippen molar-refractivity contribution in [2.45, 2.75) is 4.90 Å². The topological polar surface area (TPSA) is 89.3 Å². The Labute approximate surface area is 140 Å². The first-order valence-electron chi connectivity index (χ1n) is 5.66. The van der Waals surface area contributed by atoms with Crippen molar-refractivity contribution in [3.05, 3.63) is 56.6 Å². The molecule has 0 saturated heterocycles. The molecule has 0 aliphatic rings. The van der Waals surface area contributed by atoms with E-state index in [-0.39, 0.29) is 4.90 Å². The Hall–Kier alpha value is -1.16. The molecule has 5 nitrogen and oxygen atoms in total. The second-order valence-electron chi connectivity index (χ2n) is 4.15. The van der Waals surface area contributed by atoms with Crippen molar-refractivity contribution < 1.29 is 13.2 Å². The van der Waals surface area contributed by atoms with Crippen molar-refractivity contribution >= 4 is 55.8 Å². The molecule has 0 fully saturated rings. The van der Waals surface area contributed by atoms with Gasteiger partial charge in [0.05, 0.1) is 15.5 Å². The molecule has 3 N–H and O–H groups in total. The number of halogens is 2. The van der Waals surface area contributed by atoms with E-state index in [4.69, 9.17) is 16.7 Å². The van der Waals surface area contributed by atoms with Crippen molar-refractivity contribution in [1.82, 2.24) is 0 Å². The average molecular weight is 437 g/mol. The molecule has 0 aliphatic heterocycles. The molecule has 0 saturated carbocycles. The number of sulfonamides is 1. The molecular formula is C13H10ClIN2O3S. The van der Waals surface area contributed by atoms with Crippen LogP contribution in [0.1, 0.15) is 10.4 Å². The summed E-state index contributed by atoms with van der Waals surface area (Å²) in [5, 5.41) is 7.96. The number of benzene rings is 2. The third-order valence-electron chi connectivity index (χ3n) is 2.59. The Morgan fingerprint density at radius 1 is 1.19 bits per heavy atom. The molecule has 1 amide bonds. The highest BCUT2D eigenvalue weighted by Crippen LogP contribution is 2.21. The van der Waals surface area contributed by atoms with Gasteiger partial charge in [-0.3, -0.25) is 4.79 Å². The van der Waals surface area contributed by atoms with Crippen LogP contribution in [0.5, 0.6) is 0 Å². The lowest BCUT2D eigenvalue weighted by Crippen LogP contribution is -2.15. The van der Waals surface area contributed by atoms with Crippen LogP contribution in [0.2, 0.25) is 5.02 Å². The van der Waals surface area contributed by atoms with Crippen LogP contribution in [0.25, 0.3) is 0 Å². The number of nitrogens with two attached hydrogens (primary N) is 1. The van der Waals surface area contributed by atoms with Crippen LogP contribution in [0.4, 0.5) is 5.69 Å². The molecule has 0 atom stereocenters. The molecule has 2 aromatic rings. The minimum atomic E-state index is -3.82. The van der Waals surface area contributed by atoms with Crippen molar-refractivity contribution in [2.75, 3.05) is 5.32 Å². The van der Waals surface area contributed by atoms with Crippen LogP contribution in [0.3, 0.4) is 0 Å². The Kier molecular flexibility index (Phi) is 4.87. The van der Waals surface area contributed by atoms with E-state index in [2.05, 4.69) is 27.9 Å². The predicted octanol–water partition coefficient (Wildman–Crippen LogP) is 2.84. The summed E-state index contributed by atoms with van der Waals surface area (Å²) in [5.41, 5.74) is 0.631. The number of amides is 1.